The average Bonchev–Trinajstić information content (AvgIpc) is 3.19. The fourth-order valence-corrected chi connectivity index (χ4v) is 3.92. The molecular weight excluding hydrogens is 443 g/mol. The van der Waals surface area contributed by atoms with Gasteiger partial charge in [0.1, 0.15) is 23.0 Å². The number of benzene rings is 2. The van der Waals surface area contributed by atoms with Crippen molar-refractivity contribution in [1.29, 1.82) is 0 Å². The summed E-state index contributed by atoms with van der Waals surface area (Å²) < 4.78 is 69.0. The Morgan fingerprint density at radius 2 is 1.79 bits per heavy atom. The Kier molecular flexibility index (Phi) is 6.09. The van der Waals surface area contributed by atoms with Crippen LogP contribution in [0.3, 0.4) is 0 Å². The van der Waals surface area contributed by atoms with Crippen molar-refractivity contribution < 1.29 is 26.7 Å². The summed E-state index contributed by atoms with van der Waals surface area (Å²) in [5.74, 6) is -2.37. The van der Waals surface area contributed by atoms with Crippen LogP contribution in [0.4, 0.5) is 27.8 Å². The second kappa shape index (κ2) is 8.84. The van der Waals surface area contributed by atoms with Crippen molar-refractivity contribution in [2.75, 3.05) is 5.32 Å². The number of aromatic nitrogens is 2. The van der Waals surface area contributed by atoms with Crippen LogP contribution in [-0.4, -0.2) is 21.9 Å². The van der Waals surface area contributed by atoms with E-state index in [4.69, 9.17) is 0 Å². The topological polar surface area (TPSA) is 59.0 Å². The molecule has 33 heavy (non-hydrogen) atoms. The first-order valence-corrected chi connectivity index (χ1v) is 10.4. The maximum absolute atomic E-state index is 13.8. The van der Waals surface area contributed by atoms with Crippen molar-refractivity contribution in [2.45, 2.75) is 44.6 Å². The SMILES string of the molecule is CCc1ccc([C@H]2C[C@@H](C(F)(F)F)n3ncc(C(=O)NCc4cc(F)cc(F)c4)c3N2)cc1. The van der Waals surface area contributed by atoms with Crippen molar-refractivity contribution in [1.82, 2.24) is 15.1 Å². The molecule has 0 radical (unpaired) electrons. The zero-order chi connectivity index (χ0) is 23.8. The van der Waals surface area contributed by atoms with E-state index in [0.717, 1.165) is 35.0 Å². The summed E-state index contributed by atoms with van der Waals surface area (Å²) in [5.41, 5.74) is 1.81. The molecule has 2 heterocycles. The maximum atomic E-state index is 13.8. The Balaban J connectivity index is 1.60. The van der Waals surface area contributed by atoms with Crippen LogP contribution in [0.25, 0.3) is 0 Å². The van der Waals surface area contributed by atoms with Gasteiger partial charge in [0.2, 0.25) is 0 Å². The lowest BCUT2D eigenvalue weighted by Gasteiger charge is -2.34. The van der Waals surface area contributed by atoms with Crippen molar-refractivity contribution in [2.24, 2.45) is 0 Å². The number of hydrogen-bond donors (Lipinski definition) is 2. The number of amides is 1. The molecule has 10 heteroatoms. The third-order valence-electron chi connectivity index (χ3n) is 5.65. The van der Waals surface area contributed by atoms with Gasteiger partial charge in [-0.15, -0.1) is 0 Å². The van der Waals surface area contributed by atoms with Gasteiger partial charge in [0.15, 0.2) is 6.04 Å². The predicted octanol–water partition coefficient (Wildman–Crippen LogP) is 5.31. The van der Waals surface area contributed by atoms with E-state index in [0.29, 0.717) is 11.6 Å². The van der Waals surface area contributed by atoms with Gasteiger partial charge in [0, 0.05) is 19.0 Å². The molecule has 0 bridgehead atoms. The highest BCUT2D eigenvalue weighted by atomic mass is 19.4. The lowest BCUT2D eigenvalue weighted by Crippen LogP contribution is -2.36. The number of anilines is 1. The molecular formula is C23H21F5N4O. The van der Waals surface area contributed by atoms with Crippen molar-refractivity contribution in [3.8, 4) is 0 Å². The smallest absolute Gasteiger partial charge is 0.363 e. The molecule has 2 atom stereocenters. The van der Waals surface area contributed by atoms with Crippen LogP contribution in [0.2, 0.25) is 0 Å². The molecule has 2 aromatic carbocycles. The van der Waals surface area contributed by atoms with Gasteiger partial charge >= 0.3 is 6.18 Å². The van der Waals surface area contributed by atoms with Crippen LogP contribution in [0.5, 0.6) is 0 Å². The third kappa shape index (κ3) is 4.84. The summed E-state index contributed by atoms with van der Waals surface area (Å²) >= 11 is 0. The van der Waals surface area contributed by atoms with Gasteiger partial charge in [-0.25, -0.2) is 13.5 Å². The minimum absolute atomic E-state index is 0.0592. The number of fused-ring (bicyclic) bond motifs is 1. The second-order valence-corrected chi connectivity index (χ2v) is 7.90. The van der Waals surface area contributed by atoms with Gasteiger partial charge in [-0.05, 0) is 35.2 Å². The van der Waals surface area contributed by atoms with Crippen molar-refractivity contribution in [3.63, 3.8) is 0 Å². The Morgan fingerprint density at radius 3 is 2.39 bits per heavy atom. The van der Waals surface area contributed by atoms with Gasteiger partial charge < -0.3 is 10.6 Å². The number of aryl methyl sites for hydroxylation is 1. The average molecular weight is 464 g/mol. The number of halogens is 5. The highest BCUT2D eigenvalue weighted by Crippen LogP contribution is 2.44. The number of nitrogens with zero attached hydrogens (tertiary/aromatic N) is 2. The van der Waals surface area contributed by atoms with E-state index in [2.05, 4.69) is 15.7 Å². The molecule has 0 aliphatic carbocycles. The molecule has 0 saturated carbocycles. The summed E-state index contributed by atoms with van der Waals surface area (Å²) in [6, 6.07) is 7.49. The first-order valence-electron chi connectivity index (χ1n) is 10.4. The van der Waals surface area contributed by atoms with Crippen molar-refractivity contribution in [3.05, 3.63) is 82.5 Å². The standard InChI is InChI=1S/C23H21F5N4O/c1-2-13-3-5-15(6-4-13)19-10-20(23(26,27)28)32-21(31-19)18(12-30-32)22(33)29-11-14-7-16(24)9-17(25)8-14/h3-9,12,19-20,31H,2,10-11H2,1H3,(H,29,33)/t19-,20+/m1/s1. The lowest BCUT2D eigenvalue weighted by molar-refractivity contribution is -0.173. The highest BCUT2D eigenvalue weighted by Gasteiger charge is 2.47. The highest BCUT2D eigenvalue weighted by molar-refractivity contribution is 5.98. The Labute approximate surface area is 186 Å². The van der Waals surface area contributed by atoms with Crippen LogP contribution < -0.4 is 10.6 Å². The number of nitrogens with one attached hydrogen (secondary N) is 2. The molecule has 2 N–H and O–H groups in total. The van der Waals surface area contributed by atoms with Crippen LogP contribution in [0, 0.1) is 11.6 Å². The number of carbonyl (C=O) groups is 1. The quantitative estimate of drug-likeness (QED) is 0.503. The molecule has 0 unspecified atom stereocenters. The number of alkyl halides is 3. The Morgan fingerprint density at radius 1 is 1.12 bits per heavy atom. The van der Waals surface area contributed by atoms with E-state index in [1.807, 2.05) is 19.1 Å². The van der Waals surface area contributed by atoms with E-state index in [-0.39, 0.29) is 29.9 Å². The van der Waals surface area contributed by atoms with Crippen LogP contribution >= 0.6 is 0 Å². The molecule has 0 spiro atoms. The molecule has 1 aliphatic rings. The minimum atomic E-state index is -4.57. The summed E-state index contributed by atoms with van der Waals surface area (Å²) in [4.78, 5) is 12.7. The lowest BCUT2D eigenvalue weighted by atomic mass is 9.95. The molecule has 174 valence electrons. The molecule has 4 rings (SSSR count). The molecule has 1 amide bonds. The summed E-state index contributed by atoms with van der Waals surface area (Å²) in [6.45, 7) is 1.78. The maximum Gasteiger partial charge on any atom is 0.410 e. The summed E-state index contributed by atoms with van der Waals surface area (Å²) in [7, 11) is 0. The van der Waals surface area contributed by atoms with E-state index < -0.39 is 35.8 Å². The number of rotatable bonds is 5. The predicted molar refractivity (Wildman–Crippen MR) is 112 cm³/mol. The van der Waals surface area contributed by atoms with Gasteiger partial charge in [-0.1, -0.05) is 31.2 Å². The molecule has 1 aromatic heterocycles. The first kappa shape index (κ1) is 22.8. The van der Waals surface area contributed by atoms with Crippen LogP contribution in [0.15, 0.2) is 48.7 Å². The molecule has 5 nitrogen and oxygen atoms in total. The molecule has 1 aliphatic heterocycles. The van der Waals surface area contributed by atoms with E-state index in [1.165, 1.54) is 0 Å². The largest absolute Gasteiger partial charge is 0.410 e. The summed E-state index contributed by atoms with van der Waals surface area (Å²) in [6.07, 6.45) is -2.99. The van der Waals surface area contributed by atoms with E-state index in [1.54, 1.807) is 12.1 Å². The van der Waals surface area contributed by atoms with Gasteiger partial charge in [-0.2, -0.15) is 18.3 Å². The second-order valence-electron chi connectivity index (χ2n) is 7.90. The third-order valence-corrected chi connectivity index (χ3v) is 5.65. The van der Waals surface area contributed by atoms with Gasteiger partial charge in [-0.3, -0.25) is 4.79 Å². The first-order chi connectivity index (χ1) is 15.7. The Bertz CT molecular complexity index is 1140. The monoisotopic (exact) mass is 464 g/mol. The minimum Gasteiger partial charge on any atom is -0.363 e. The van der Waals surface area contributed by atoms with Gasteiger partial charge in [0.25, 0.3) is 5.91 Å². The molecule has 3 aromatic rings. The summed E-state index contributed by atoms with van der Waals surface area (Å²) in [5, 5.41) is 9.32. The van der Waals surface area contributed by atoms with E-state index in [9.17, 15) is 26.7 Å². The molecule has 0 fully saturated rings. The zero-order valence-electron chi connectivity index (χ0n) is 17.6. The zero-order valence-corrected chi connectivity index (χ0v) is 17.6. The number of hydrogen-bond acceptors (Lipinski definition) is 3. The van der Waals surface area contributed by atoms with Crippen molar-refractivity contribution >= 4 is 11.7 Å². The van der Waals surface area contributed by atoms with Gasteiger partial charge in [0.05, 0.1) is 12.2 Å². The number of carbonyl (C=O) groups excluding carboxylic acids is 1. The van der Waals surface area contributed by atoms with Crippen LogP contribution in [0.1, 0.15) is 52.5 Å². The Hall–Kier alpha value is -3.43. The van der Waals surface area contributed by atoms with Crippen LogP contribution in [-0.2, 0) is 13.0 Å². The fourth-order valence-electron chi connectivity index (χ4n) is 3.92. The molecule has 0 saturated heterocycles. The normalized spacial score (nSPS) is 17.9. The fraction of sp³-hybridized carbons (Fsp3) is 0.304. The van der Waals surface area contributed by atoms with E-state index >= 15 is 0 Å².